The van der Waals surface area contributed by atoms with E-state index in [4.69, 9.17) is 0 Å². The second-order valence-electron chi connectivity index (χ2n) is 5.29. The third-order valence-electron chi connectivity index (χ3n) is 4.14. The van der Waals surface area contributed by atoms with Crippen LogP contribution < -0.4 is 0 Å². The average molecular weight is 264 g/mol. The van der Waals surface area contributed by atoms with Crippen molar-refractivity contribution >= 4 is 11.9 Å². The zero-order chi connectivity index (χ0) is 13.8. The second-order valence-corrected chi connectivity index (χ2v) is 5.29. The molecule has 0 radical (unpaired) electrons. The van der Waals surface area contributed by atoms with Crippen LogP contribution in [0, 0.1) is 23.7 Å². The number of unbranched alkanes of at least 4 members (excludes halogenated alkanes) is 1. The number of ether oxygens (including phenoxy) is 1. The largest absolute Gasteiger partial charge is 0.481 e. The lowest BCUT2D eigenvalue weighted by Gasteiger charge is -2.21. The van der Waals surface area contributed by atoms with Crippen LogP contribution in [-0.2, 0) is 14.3 Å². The number of carbonyl (C=O) groups excluding carboxylic acids is 1. The van der Waals surface area contributed by atoms with Crippen molar-refractivity contribution in [1.29, 1.82) is 0 Å². The van der Waals surface area contributed by atoms with Crippen LogP contribution in [0.3, 0.4) is 0 Å². The minimum Gasteiger partial charge on any atom is -0.481 e. The number of methoxy groups -OCH3 is 1. The number of carboxylic acids is 1. The Bertz CT molecular complexity index is 410. The molecule has 2 aliphatic rings. The summed E-state index contributed by atoms with van der Waals surface area (Å²) in [5.74, 6) is -0.464. The molecule has 2 aliphatic carbocycles. The molecule has 4 nitrogen and oxygen atoms in total. The van der Waals surface area contributed by atoms with E-state index in [1.165, 1.54) is 7.11 Å². The normalized spacial score (nSPS) is 32.1. The summed E-state index contributed by atoms with van der Waals surface area (Å²) in [6.45, 7) is 0. The summed E-state index contributed by atoms with van der Waals surface area (Å²) < 4.78 is 4.57. The Kier molecular flexibility index (Phi) is 4.40. The van der Waals surface area contributed by atoms with E-state index in [0.29, 0.717) is 12.3 Å². The highest BCUT2D eigenvalue weighted by atomic mass is 16.5. The molecule has 0 aromatic carbocycles. The molecule has 19 heavy (non-hydrogen) atoms. The minimum atomic E-state index is -0.693. The number of aliphatic carboxylic acids is 1. The van der Waals surface area contributed by atoms with Crippen molar-refractivity contribution in [1.82, 2.24) is 0 Å². The summed E-state index contributed by atoms with van der Waals surface area (Å²) in [7, 11) is 1.39. The van der Waals surface area contributed by atoms with E-state index in [0.717, 1.165) is 19.3 Å². The van der Waals surface area contributed by atoms with Crippen molar-refractivity contribution in [2.24, 2.45) is 23.7 Å². The van der Waals surface area contributed by atoms with Gasteiger partial charge in [0.05, 0.1) is 13.0 Å². The first-order valence-corrected chi connectivity index (χ1v) is 6.78. The van der Waals surface area contributed by atoms with Gasteiger partial charge in [-0.15, -0.1) is 0 Å². The van der Waals surface area contributed by atoms with Crippen LogP contribution in [0.4, 0.5) is 0 Å². The molecule has 0 saturated heterocycles. The van der Waals surface area contributed by atoms with Crippen molar-refractivity contribution in [2.45, 2.75) is 25.7 Å². The topological polar surface area (TPSA) is 63.6 Å². The van der Waals surface area contributed by atoms with Crippen molar-refractivity contribution in [3.8, 4) is 0 Å². The number of rotatable bonds is 6. The smallest absolute Gasteiger partial charge is 0.307 e. The van der Waals surface area contributed by atoms with Crippen LogP contribution in [0.2, 0.25) is 0 Å². The maximum absolute atomic E-state index is 11.3. The van der Waals surface area contributed by atoms with Gasteiger partial charge in [-0.1, -0.05) is 24.3 Å². The van der Waals surface area contributed by atoms with E-state index >= 15 is 0 Å². The van der Waals surface area contributed by atoms with Crippen LogP contribution in [0.1, 0.15) is 25.7 Å². The molecule has 0 aromatic heterocycles. The number of carbonyl (C=O) groups is 2. The number of fused-ring (bicyclic) bond motifs is 2. The second kappa shape index (κ2) is 6.04. The lowest BCUT2D eigenvalue weighted by Crippen LogP contribution is -2.25. The molecule has 0 aliphatic heterocycles. The highest BCUT2D eigenvalue weighted by Gasteiger charge is 2.46. The standard InChI is InChI=1S/C15H20O4/c1-19-13(16)6-4-2-3-5-12-10-7-8-11(9-10)14(12)15(17)18/h3,5,7-8,10-12,14H,2,4,6,9H2,1H3,(H,17,18). The van der Waals surface area contributed by atoms with Crippen LogP contribution in [0.25, 0.3) is 0 Å². The summed E-state index contributed by atoms with van der Waals surface area (Å²) in [4.78, 5) is 22.2. The Morgan fingerprint density at radius 1 is 1.37 bits per heavy atom. The number of allylic oxidation sites excluding steroid dienone is 4. The van der Waals surface area contributed by atoms with Gasteiger partial charge in [0.15, 0.2) is 0 Å². The highest BCUT2D eigenvalue weighted by molar-refractivity contribution is 5.72. The number of esters is 1. The van der Waals surface area contributed by atoms with Gasteiger partial charge >= 0.3 is 11.9 Å². The number of hydrogen-bond donors (Lipinski definition) is 1. The zero-order valence-electron chi connectivity index (χ0n) is 11.1. The minimum absolute atomic E-state index is 0.116. The Balaban J connectivity index is 1.83. The maximum atomic E-state index is 11.3. The van der Waals surface area contributed by atoms with Crippen LogP contribution in [-0.4, -0.2) is 24.2 Å². The van der Waals surface area contributed by atoms with E-state index in [2.05, 4.69) is 10.8 Å². The fourth-order valence-electron chi connectivity index (χ4n) is 3.19. The summed E-state index contributed by atoms with van der Waals surface area (Å²) in [6.07, 6.45) is 11.2. The molecule has 4 heteroatoms. The van der Waals surface area contributed by atoms with Gasteiger partial charge in [-0.2, -0.15) is 0 Å². The molecule has 0 heterocycles. The van der Waals surface area contributed by atoms with Crippen molar-refractivity contribution in [3.63, 3.8) is 0 Å². The van der Waals surface area contributed by atoms with Crippen molar-refractivity contribution in [3.05, 3.63) is 24.3 Å². The predicted molar refractivity (Wildman–Crippen MR) is 70.4 cm³/mol. The first kappa shape index (κ1) is 13.8. The fraction of sp³-hybridized carbons (Fsp3) is 0.600. The van der Waals surface area contributed by atoms with E-state index in [1.54, 1.807) is 0 Å². The first-order valence-electron chi connectivity index (χ1n) is 6.78. The van der Waals surface area contributed by atoms with E-state index < -0.39 is 5.97 Å². The molecular formula is C15H20O4. The summed E-state index contributed by atoms with van der Waals surface area (Å²) in [5.41, 5.74) is 0. The van der Waals surface area contributed by atoms with Crippen molar-refractivity contribution < 1.29 is 19.4 Å². The number of hydrogen-bond acceptors (Lipinski definition) is 3. The highest BCUT2D eigenvalue weighted by Crippen LogP contribution is 2.48. The molecule has 1 N–H and O–H groups in total. The molecule has 0 amide bonds. The molecule has 4 atom stereocenters. The summed E-state index contributed by atoms with van der Waals surface area (Å²) >= 11 is 0. The van der Waals surface area contributed by atoms with Gasteiger partial charge < -0.3 is 9.84 Å². The lowest BCUT2D eigenvalue weighted by molar-refractivity contribution is -0.143. The summed E-state index contributed by atoms with van der Waals surface area (Å²) in [6, 6.07) is 0. The van der Waals surface area contributed by atoms with Gasteiger partial charge in [-0.05, 0) is 37.0 Å². The molecule has 4 unspecified atom stereocenters. The average Bonchev–Trinajstić information content (AvgIpc) is 2.98. The third kappa shape index (κ3) is 3.06. The molecular weight excluding hydrogens is 244 g/mol. The van der Waals surface area contributed by atoms with Crippen LogP contribution >= 0.6 is 0 Å². The quantitative estimate of drug-likeness (QED) is 0.454. The van der Waals surface area contributed by atoms with E-state index in [1.807, 2.05) is 18.2 Å². The lowest BCUT2D eigenvalue weighted by atomic mass is 9.83. The first-order chi connectivity index (χ1) is 9.13. The SMILES string of the molecule is COC(=O)CCCC=CC1C2C=CC(C2)C1C(=O)O. The van der Waals surface area contributed by atoms with Gasteiger partial charge in [0.1, 0.15) is 0 Å². The van der Waals surface area contributed by atoms with Crippen molar-refractivity contribution in [2.75, 3.05) is 7.11 Å². The molecule has 2 bridgehead atoms. The van der Waals surface area contributed by atoms with Gasteiger partial charge in [-0.25, -0.2) is 0 Å². The molecule has 1 saturated carbocycles. The Morgan fingerprint density at radius 3 is 2.79 bits per heavy atom. The predicted octanol–water partition coefficient (Wildman–Crippen LogP) is 2.41. The molecule has 0 spiro atoms. The molecule has 0 aromatic rings. The fourth-order valence-corrected chi connectivity index (χ4v) is 3.19. The number of carboxylic acid groups (broad SMARTS) is 1. The Morgan fingerprint density at radius 2 is 2.11 bits per heavy atom. The Hall–Kier alpha value is -1.58. The van der Waals surface area contributed by atoms with Gasteiger partial charge in [0.25, 0.3) is 0 Å². The van der Waals surface area contributed by atoms with E-state index in [9.17, 15) is 14.7 Å². The third-order valence-corrected chi connectivity index (χ3v) is 4.14. The molecule has 1 fully saturated rings. The van der Waals surface area contributed by atoms with E-state index in [-0.39, 0.29) is 23.7 Å². The molecule has 104 valence electrons. The zero-order valence-corrected chi connectivity index (χ0v) is 11.1. The Labute approximate surface area is 113 Å². The monoisotopic (exact) mass is 264 g/mol. The van der Waals surface area contributed by atoms with Gasteiger partial charge in [0, 0.05) is 6.42 Å². The van der Waals surface area contributed by atoms with Crippen LogP contribution in [0.5, 0.6) is 0 Å². The van der Waals surface area contributed by atoms with Gasteiger partial charge in [0.2, 0.25) is 0 Å². The van der Waals surface area contributed by atoms with Gasteiger partial charge in [-0.3, -0.25) is 9.59 Å². The molecule has 2 rings (SSSR count). The summed E-state index contributed by atoms with van der Waals surface area (Å²) in [5, 5.41) is 9.28. The van der Waals surface area contributed by atoms with Crippen LogP contribution in [0.15, 0.2) is 24.3 Å². The maximum Gasteiger partial charge on any atom is 0.307 e.